The molecule has 3 N–H and O–H groups in total. The maximum Gasteiger partial charge on any atom is 0.229 e. The summed E-state index contributed by atoms with van der Waals surface area (Å²) in [5.74, 6) is 1.25. The smallest absolute Gasteiger partial charge is 0.229 e. The van der Waals surface area contributed by atoms with Crippen LogP contribution in [0.25, 0.3) is 10.9 Å². The summed E-state index contributed by atoms with van der Waals surface area (Å²) < 4.78 is 0. The van der Waals surface area contributed by atoms with Crippen LogP contribution in [0, 0.1) is 0 Å². The van der Waals surface area contributed by atoms with Gasteiger partial charge in [-0.2, -0.15) is 4.98 Å². The third-order valence-corrected chi connectivity index (χ3v) is 6.18. The average molecular weight is 448 g/mol. The summed E-state index contributed by atoms with van der Waals surface area (Å²) in [5, 5.41) is 8.29. The molecule has 0 aliphatic carbocycles. The number of benzene rings is 2. The van der Waals surface area contributed by atoms with Crippen molar-refractivity contribution in [2.24, 2.45) is 0 Å². The van der Waals surface area contributed by atoms with E-state index in [2.05, 4.69) is 66.6 Å². The Bertz CT molecular complexity index is 1200. The lowest BCUT2D eigenvalue weighted by Gasteiger charge is -2.35. The number of H-pyrrole nitrogens is 1. The molecule has 0 saturated carbocycles. The van der Waals surface area contributed by atoms with Crippen LogP contribution in [0.3, 0.4) is 0 Å². The third-order valence-electron chi connectivity index (χ3n) is 5.87. The zero-order valence-electron chi connectivity index (χ0n) is 18.0. The van der Waals surface area contributed by atoms with Crippen LogP contribution in [0.2, 0.25) is 5.02 Å². The van der Waals surface area contributed by atoms with Crippen molar-refractivity contribution in [3.63, 3.8) is 0 Å². The number of rotatable bonds is 6. The second kappa shape index (κ2) is 9.06. The van der Waals surface area contributed by atoms with Gasteiger partial charge in [-0.15, -0.1) is 0 Å². The SMILES string of the molecule is CCN1CCN(c2ccc(Nc3nccc(Nc4ccc5[nH]cc(Cl)c5c4)n3)cc2)CC1. The Morgan fingerprint density at radius 2 is 1.75 bits per heavy atom. The van der Waals surface area contributed by atoms with E-state index >= 15 is 0 Å². The van der Waals surface area contributed by atoms with E-state index in [1.165, 1.54) is 5.69 Å². The Hall–Kier alpha value is -3.29. The highest BCUT2D eigenvalue weighted by Gasteiger charge is 2.15. The molecule has 0 spiro atoms. The summed E-state index contributed by atoms with van der Waals surface area (Å²) >= 11 is 6.24. The number of hydrogen-bond acceptors (Lipinski definition) is 6. The van der Waals surface area contributed by atoms with Gasteiger partial charge in [0.1, 0.15) is 5.82 Å². The van der Waals surface area contributed by atoms with E-state index in [0.29, 0.717) is 16.8 Å². The largest absolute Gasteiger partial charge is 0.369 e. The van der Waals surface area contributed by atoms with Gasteiger partial charge in [0.15, 0.2) is 0 Å². The highest BCUT2D eigenvalue weighted by molar-refractivity contribution is 6.35. The molecule has 0 unspecified atom stereocenters. The summed E-state index contributed by atoms with van der Waals surface area (Å²) in [6, 6.07) is 16.3. The average Bonchev–Trinajstić information content (AvgIpc) is 3.20. The molecule has 4 aromatic rings. The highest BCUT2D eigenvalue weighted by atomic mass is 35.5. The monoisotopic (exact) mass is 447 g/mol. The lowest BCUT2D eigenvalue weighted by Crippen LogP contribution is -2.46. The summed E-state index contributed by atoms with van der Waals surface area (Å²) in [7, 11) is 0. The van der Waals surface area contributed by atoms with E-state index < -0.39 is 0 Å². The number of aromatic nitrogens is 3. The second-order valence-corrected chi connectivity index (χ2v) is 8.29. The van der Waals surface area contributed by atoms with Gasteiger partial charge in [0.2, 0.25) is 5.95 Å². The number of anilines is 5. The predicted molar refractivity (Wildman–Crippen MR) is 133 cm³/mol. The second-order valence-electron chi connectivity index (χ2n) is 7.88. The van der Waals surface area contributed by atoms with Crippen molar-refractivity contribution in [1.82, 2.24) is 19.9 Å². The first-order valence-corrected chi connectivity index (χ1v) is 11.3. The predicted octanol–water partition coefficient (Wildman–Crippen LogP) is 5.24. The van der Waals surface area contributed by atoms with E-state index in [1.54, 1.807) is 12.4 Å². The standard InChI is InChI=1S/C24H26ClN7/c1-2-31-11-13-32(14-12-31)19-6-3-17(4-7-19)29-24-26-10-9-23(30-24)28-18-5-8-22-20(15-18)21(25)16-27-22/h3-10,15-16,27H,2,11-14H2,1H3,(H2,26,28,29,30). The molecule has 1 aliphatic heterocycles. The van der Waals surface area contributed by atoms with Crippen LogP contribution >= 0.6 is 11.6 Å². The van der Waals surface area contributed by atoms with Gasteiger partial charge < -0.3 is 25.4 Å². The minimum Gasteiger partial charge on any atom is -0.369 e. The van der Waals surface area contributed by atoms with Gasteiger partial charge >= 0.3 is 0 Å². The Kier molecular flexibility index (Phi) is 5.83. The van der Waals surface area contributed by atoms with Gasteiger partial charge in [-0.25, -0.2) is 4.98 Å². The fourth-order valence-corrected chi connectivity index (χ4v) is 4.22. The van der Waals surface area contributed by atoms with Gasteiger partial charge in [-0.3, -0.25) is 0 Å². The molecule has 8 heteroatoms. The molecule has 0 atom stereocenters. The molecular weight excluding hydrogens is 422 g/mol. The first-order valence-electron chi connectivity index (χ1n) is 10.9. The minimum atomic E-state index is 0.542. The van der Waals surface area contributed by atoms with Gasteiger partial charge in [0, 0.05) is 66.5 Å². The third kappa shape index (κ3) is 4.49. The van der Waals surface area contributed by atoms with E-state index in [1.807, 2.05) is 24.3 Å². The lowest BCUT2D eigenvalue weighted by molar-refractivity contribution is 0.271. The van der Waals surface area contributed by atoms with Crippen LogP contribution in [0.4, 0.5) is 28.8 Å². The molecule has 0 radical (unpaired) electrons. The molecule has 0 bridgehead atoms. The topological polar surface area (TPSA) is 72.1 Å². The van der Waals surface area contributed by atoms with Gasteiger partial charge in [-0.05, 0) is 55.1 Å². The Morgan fingerprint density at radius 1 is 0.969 bits per heavy atom. The van der Waals surface area contributed by atoms with Crippen molar-refractivity contribution in [2.75, 3.05) is 48.3 Å². The van der Waals surface area contributed by atoms with Crippen molar-refractivity contribution in [3.8, 4) is 0 Å². The fourth-order valence-electron chi connectivity index (χ4n) is 4.01. The van der Waals surface area contributed by atoms with Crippen LogP contribution < -0.4 is 15.5 Å². The number of aromatic amines is 1. The molecule has 2 aromatic carbocycles. The van der Waals surface area contributed by atoms with Crippen molar-refractivity contribution < 1.29 is 0 Å². The zero-order valence-corrected chi connectivity index (χ0v) is 18.7. The molecule has 1 aliphatic rings. The molecule has 32 heavy (non-hydrogen) atoms. The van der Waals surface area contributed by atoms with Gasteiger partial charge in [0.05, 0.1) is 5.02 Å². The number of fused-ring (bicyclic) bond motifs is 1. The molecule has 2 aromatic heterocycles. The summed E-state index contributed by atoms with van der Waals surface area (Å²) in [4.78, 5) is 17.0. The molecule has 1 saturated heterocycles. The zero-order chi connectivity index (χ0) is 21.9. The Morgan fingerprint density at radius 3 is 2.53 bits per heavy atom. The molecule has 164 valence electrons. The Balaban J connectivity index is 1.25. The highest BCUT2D eigenvalue weighted by Crippen LogP contribution is 2.27. The van der Waals surface area contributed by atoms with Crippen LogP contribution in [0.5, 0.6) is 0 Å². The summed E-state index contributed by atoms with van der Waals surface area (Å²) in [5.41, 5.74) is 4.12. The molecule has 0 amide bonds. The van der Waals surface area contributed by atoms with Gasteiger partial charge in [-0.1, -0.05) is 18.5 Å². The molecule has 1 fully saturated rings. The van der Waals surface area contributed by atoms with Crippen molar-refractivity contribution in [3.05, 3.63) is 65.9 Å². The maximum absolute atomic E-state index is 6.24. The number of piperazine rings is 1. The molecule has 3 heterocycles. The lowest BCUT2D eigenvalue weighted by atomic mass is 10.2. The van der Waals surface area contributed by atoms with Crippen LogP contribution in [0.15, 0.2) is 60.9 Å². The van der Waals surface area contributed by atoms with E-state index in [9.17, 15) is 0 Å². The number of nitrogens with one attached hydrogen (secondary N) is 3. The van der Waals surface area contributed by atoms with E-state index in [4.69, 9.17) is 11.6 Å². The van der Waals surface area contributed by atoms with E-state index in [0.717, 1.165) is 55.0 Å². The van der Waals surface area contributed by atoms with Crippen molar-refractivity contribution >= 4 is 51.3 Å². The quantitative estimate of drug-likeness (QED) is 0.375. The number of likely N-dealkylation sites (N-methyl/N-ethyl adjacent to an activating group) is 1. The first kappa shape index (κ1) is 20.6. The summed E-state index contributed by atoms with van der Waals surface area (Å²) in [6.07, 6.45) is 3.53. The van der Waals surface area contributed by atoms with Crippen molar-refractivity contribution in [2.45, 2.75) is 6.92 Å². The fraction of sp³-hybridized carbons (Fsp3) is 0.250. The molecule has 5 rings (SSSR count). The first-order chi connectivity index (χ1) is 15.7. The minimum absolute atomic E-state index is 0.542. The van der Waals surface area contributed by atoms with Gasteiger partial charge in [0.25, 0.3) is 0 Å². The number of hydrogen-bond donors (Lipinski definition) is 3. The Labute approximate surface area is 192 Å². The summed E-state index contributed by atoms with van der Waals surface area (Å²) in [6.45, 7) is 7.72. The van der Waals surface area contributed by atoms with Crippen LogP contribution in [-0.4, -0.2) is 52.6 Å². The number of halogens is 1. The molecular formula is C24H26ClN7. The van der Waals surface area contributed by atoms with Crippen molar-refractivity contribution in [1.29, 1.82) is 0 Å². The van der Waals surface area contributed by atoms with E-state index in [-0.39, 0.29) is 0 Å². The maximum atomic E-state index is 6.24. The molecule has 7 nitrogen and oxygen atoms in total. The van der Waals surface area contributed by atoms with Crippen LogP contribution in [-0.2, 0) is 0 Å². The number of nitrogens with zero attached hydrogens (tertiary/aromatic N) is 4. The normalized spacial score (nSPS) is 14.6. The van der Waals surface area contributed by atoms with Crippen LogP contribution in [0.1, 0.15) is 6.92 Å².